The van der Waals surface area contributed by atoms with Crippen LogP contribution >= 0.6 is 34.7 Å². The van der Waals surface area contributed by atoms with Crippen LogP contribution < -0.4 is 21.7 Å². The number of nitrogens with one attached hydrogen (secondary N) is 3. The maximum Gasteiger partial charge on any atom is 0.266 e. The largest absolute Gasteiger partial charge is 0.389 e. The van der Waals surface area contributed by atoms with Crippen LogP contribution in [-0.2, 0) is 30.6 Å². The first-order valence-corrected chi connectivity index (χ1v) is 9.81. The molecule has 4 amide bonds. The minimum atomic E-state index is -0.778. The van der Waals surface area contributed by atoms with Crippen molar-refractivity contribution < 1.29 is 24.0 Å². The third kappa shape index (κ3) is 7.93. The van der Waals surface area contributed by atoms with Gasteiger partial charge in [-0.25, -0.2) is 4.98 Å². The van der Waals surface area contributed by atoms with E-state index in [1.165, 1.54) is 11.3 Å². The zero-order chi connectivity index (χ0) is 19.8. The summed E-state index contributed by atoms with van der Waals surface area (Å²) < 4.78 is 0. The molecule has 1 aliphatic rings. The van der Waals surface area contributed by atoms with E-state index in [9.17, 15) is 19.2 Å². The summed E-state index contributed by atoms with van der Waals surface area (Å²) in [5, 5.41) is 12.6. The van der Waals surface area contributed by atoms with Gasteiger partial charge >= 0.3 is 0 Å². The van der Waals surface area contributed by atoms with Crippen molar-refractivity contribution in [1.29, 1.82) is 0 Å². The van der Waals surface area contributed by atoms with Gasteiger partial charge in [-0.15, -0.1) is 34.7 Å². The molecule has 2 rings (SSSR count). The number of nitrogens with two attached hydrogens (primary N) is 1. The zero-order valence-corrected chi connectivity index (χ0v) is 19.0. The Bertz CT molecular complexity index is 764. The minimum absolute atomic E-state index is 0. The van der Waals surface area contributed by atoms with E-state index in [0.29, 0.717) is 10.8 Å². The van der Waals surface area contributed by atoms with Crippen molar-refractivity contribution in [1.82, 2.24) is 15.6 Å². The summed E-state index contributed by atoms with van der Waals surface area (Å²) in [5.41, 5.74) is 5.54. The molecule has 1 aliphatic heterocycles. The van der Waals surface area contributed by atoms with E-state index in [-0.39, 0.29) is 59.6 Å². The predicted molar refractivity (Wildman–Crippen MR) is 106 cm³/mol. The van der Waals surface area contributed by atoms with Crippen molar-refractivity contribution in [2.45, 2.75) is 18.0 Å². The zero-order valence-electron chi connectivity index (χ0n) is 14.6. The molecule has 0 unspecified atom stereocenters. The van der Waals surface area contributed by atoms with Crippen molar-refractivity contribution in [2.24, 2.45) is 10.9 Å². The summed E-state index contributed by atoms with van der Waals surface area (Å²) in [6.07, 6.45) is 0.879. The standard InChI is InChI=1S/C13H15ClN6O5S2.Na/c14-1-8(22)19-13-17-6(4-27-13)3-25-16-2-9(23)18-10-11(24)20-12(10)26-5-7(15)21;/h2,4,10,12H,1,3,5H2,(H2,15,21)(H,18,23)(H,20,24)(H,17,19,22);/t10-,12+;/m1./s1. The second kappa shape index (κ2) is 12.2. The van der Waals surface area contributed by atoms with Gasteiger partial charge < -0.3 is 26.5 Å². The summed E-state index contributed by atoms with van der Waals surface area (Å²) in [6, 6.07) is -0.778. The van der Waals surface area contributed by atoms with Gasteiger partial charge in [-0.1, -0.05) is 5.16 Å². The molecule has 0 aromatic carbocycles. The Kier molecular flexibility index (Phi) is 10.8. The molecule has 1 fully saturated rings. The summed E-state index contributed by atoms with van der Waals surface area (Å²) in [6.45, 7) is -0.0158. The normalized spacial score (nSPS) is 17.8. The van der Waals surface area contributed by atoms with Gasteiger partial charge in [-0.3, -0.25) is 19.2 Å². The molecule has 2 heterocycles. The third-order valence-corrected chi connectivity index (χ3v) is 5.20. The summed E-state index contributed by atoms with van der Waals surface area (Å²) in [4.78, 5) is 54.1. The minimum Gasteiger partial charge on any atom is -0.389 e. The summed E-state index contributed by atoms with van der Waals surface area (Å²) in [5.74, 6) is -2.04. The molecule has 2 atom stereocenters. The number of hydrogen-bond donors (Lipinski definition) is 4. The molecule has 11 nitrogen and oxygen atoms in total. The average Bonchev–Trinajstić information content (AvgIpc) is 3.07. The van der Waals surface area contributed by atoms with E-state index in [0.717, 1.165) is 18.0 Å². The number of alkyl halides is 1. The van der Waals surface area contributed by atoms with Crippen LogP contribution in [0.15, 0.2) is 10.5 Å². The van der Waals surface area contributed by atoms with Gasteiger partial charge in [0.1, 0.15) is 23.5 Å². The van der Waals surface area contributed by atoms with E-state index in [1.54, 1.807) is 5.38 Å². The summed E-state index contributed by atoms with van der Waals surface area (Å²) in [7, 11) is 0. The Labute approximate surface area is 194 Å². The molecular weight excluding hydrogens is 443 g/mol. The maximum absolute atomic E-state index is 11.8. The molecule has 0 bridgehead atoms. The molecule has 5 N–H and O–H groups in total. The molecule has 0 saturated carbocycles. The number of carbonyl (C=O) groups excluding carboxylic acids is 4. The smallest absolute Gasteiger partial charge is 0.266 e. The van der Waals surface area contributed by atoms with Gasteiger partial charge in [0.25, 0.3) is 5.91 Å². The van der Waals surface area contributed by atoms with Gasteiger partial charge in [-0.05, 0) is 0 Å². The first kappa shape index (κ1) is 24.7. The number of oxime groups is 1. The molecule has 1 saturated heterocycles. The molecular formula is C13H15ClN6NaO5S2. The van der Waals surface area contributed by atoms with Crippen LogP contribution in [0, 0.1) is 0 Å². The number of anilines is 1. The SMILES string of the molecule is NC(=O)CS[C@@H]1NC(=O)[C@H]1NC(=O)C=NOCc1csc(NC(=O)CCl)n1.[Na]. The molecule has 1 aromatic heterocycles. The number of carbonyl (C=O) groups is 4. The van der Waals surface area contributed by atoms with Crippen molar-refractivity contribution in [3.63, 3.8) is 0 Å². The number of thioether (sulfide) groups is 1. The van der Waals surface area contributed by atoms with E-state index in [1.807, 2.05) is 0 Å². The van der Waals surface area contributed by atoms with Gasteiger partial charge in [0.15, 0.2) is 11.7 Å². The number of primary amides is 1. The van der Waals surface area contributed by atoms with Crippen LogP contribution in [0.4, 0.5) is 5.13 Å². The van der Waals surface area contributed by atoms with E-state index in [2.05, 4.69) is 26.1 Å². The number of thiazole rings is 1. The van der Waals surface area contributed by atoms with Crippen molar-refractivity contribution >= 4 is 99.2 Å². The Hall–Kier alpha value is -1.38. The Morgan fingerprint density at radius 2 is 2.25 bits per heavy atom. The van der Waals surface area contributed by atoms with Crippen LogP contribution in [-0.4, -0.2) is 87.4 Å². The van der Waals surface area contributed by atoms with Gasteiger partial charge in [0.05, 0.1) is 11.4 Å². The second-order valence-electron chi connectivity index (χ2n) is 5.03. The van der Waals surface area contributed by atoms with Crippen LogP contribution in [0.3, 0.4) is 0 Å². The first-order valence-electron chi connectivity index (χ1n) is 7.35. The Morgan fingerprint density at radius 1 is 1.50 bits per heavy atom. The number of hydrogen-bond acceptors (Lipinski definition) is 9. The van der Waals surface area contributed by atoms with Crippen molar-refractivity contribution in [3.8, 4) is 0 Å². The maximum atomic E-state index is 11.8. The van der Waals surface area contributed by atoms with Gasteiger partial charge in [0, 0.05) is 34.9 Å². The fraction of sp³-hybridized carbons (Fsp3) is 0.385. The van der Waals surface area contributed by atoms with Crippen LogP contribution in [0.1, 0.15) is 5.69 Å². The topological polar surface area (TPSA) is 165 Å². The fourth-order valence-corrected chi connectivity index (χ4v) is 3.47. The van der Waals surface area contributed by atoms with Crippen LogP contribution in [0.25, 0.3) is 0 Å². The van der Waals surface area contributed by atoms with Crippen LogP contribution in [0.2, 0.25) is 0 Å². The Morgan fingerprint density at radius 3 is 2.89 bits per heavy atom. The predicted octanol–water partition coefficient (Wildman–Crippen LogP) is -1.40. The molecule has 1 radical (unpaired) electrons. The monoisotopic (exact) mass is 457 g/mol. The van der Waals surface area contributed by atoms with Gasteiger partial charge in [0.2, 0.25) is 17.7 Å². The number of aromatic nitrogens is 1. The molecule has 15 heteroatoms. The first-order chi connectivity index (χ1) is 12.9. The summed E-state index contributed by atoms with van der Waals surface area (Å²) >= 11 is 7.68. The average molecular weight is 458 g/mol. The Balaban J connectivity index is 0.00000392. The molecule has 0 spiro atoms. The molecule has 0 aliphatic carbocycles. The van der Waals surface area contributed by atoms with Crippen molar-refractivity contribution in [2.75, 3.05) is 16.9 Å². The van der Waals surface area contributed by atoms with Gasteiger partial charge in [-0.2, -0.15) is 0 Å². The molecule has 147 valence electrons. The number of halogens is 1. The quantitative estimate of drug-likeness (QED) is 0.110. The number of β-lactam (4-membered cyclic amide) rings is 1. The number of rotatable bonds is 10. The number of amides is 4. The molecule has 28 heavy (non-hydrogen) atoms. The molecule has 1 aromatic rings. The van der Waals surface area contributed by atoms with E-state index in [4.69, 9.17) is 22.2 Å². The van der Waals surface area contributed by atoms with E-state index < -0.39 is 23.2 Å². The van der Waals surface area contributed by atoms with Crippen LogP contribution in [0.5, 0.6) is 0 Å². The second-order valence-corrected chi connectivity index (χ2v) is 7.28. The number of nitrogens with zero attached hydrogens (tertiary/aromatic N) is 2. The van der Waals surface area contributed by atoms with Crippen molar-refractivity contribution in [3.05, 3.63) is 11.1 Å². The third-order valence-electron chi connectivity index (χ3n) is 2.95. The fourth-order valence-electron chi connectivity index (χ4n) is 1.77. The van der Waals surface area contributed by atoms with E-state index >= 15 is 0 Å².